The molecule has 0 fully saturated rings. The van der Waals surface area contributed by atoms with Crippen LogP contribution in [0.2, 0.25) is 0 Å². The van der Waals surface area contributed by atoms with Gasteiger partial charge >= 0.3 is 0 Å². The number of ether oxygens (including phenoxy) is 1. The molecule has 30 heavy (non-hydrogen) atoms. The van der Waals surface area contributed by atoms with Gasteiger partial charge in [0, 0.05) is 19.6 Å². The van der Waals surface area contributed by atoms with Crippen molar-refractivity contribution in [3.05, 3.63) is 89.4 Å². The van der Waals surface area contributed by atoms with Crippen molar-refractivity contribution in [2.24, 2.45) is 0 Å². The highest BCUT2D eigenvalue weighted by Crippen LogP contribution is 2.16. The molecule has 5 heteroatoms. The van der Waals surface area contributed by atoms with Gasteiger partial charge in [0.1, 0.15) is 30.0 Å². The average molecular weight is 409 g/mol. The zero-order chi connectivity index (χ0) is 21.3. The van der Waals surface area contributed by atoms with E-state index >= 15 is 0 Å². The Hall–Kier alpha value is -2.60. The van der Waals surface area contributed by atoms with Crippen LogP contribution in [0, 0.1) is 6.92 Å². The van der Waals surface area contributed by atoms with Gasteiger partial charge in [-0.15, -0.1) is 0 Å². The molecule has 1 atom stereocenters. The molecule has 5 nitrogen and oxygen atoms in total. The van der Waals surface area contributed by atoms with Gasteiger partial charge in [0.2, 0.25) is 0 Å². The van der Waals surface area contributed by atoms with Crippen LogP contribution in [0.4, 0.5) is 0 Å². The summed E-state index contributed by atoms with van der Waals surface area (Å²) in [5, 5.41) is 10.3. The number of furan rings is 1. The number of hydrogen-bond acceptors (Lipinski definition) is 5. The van der Waals surface area contributed by atoms with E-state index in [1.807, 2.05) is 56.4 Å². The molecule has 0 saturated carbocycles. The maximum Gasteiger partial charge on any atom is 0.119 e. The first-order valence-corrected chi connectivity index (χ1v) is 10.3. The lowest BCUT2D eigenvalue weighted by Gasteiger charge is -2.21. The molecule has 0 spiro atoms. The van der Waals surface area contributed by atoms with E-state index in [2.05, 4.69) is 41.1 Å². The lowest BCUT2D eigenvalue weighted by molar-refractivity contribution is 0.0744. The quantitative estimate of drug-likeness (QED) is 0.518. The molecule has 0 saturated heterocycles. The third-order valence-corrected chi connectivity index (χ3v) is 4.86. The molecule has 1 N–H and O–H groups in total. The molecule has 160 valence electrons. The predicted octanol–water partition coefficient (Wildman–Crippen LogP) is 4.09. The number of likely N-dealkylation sites (N-methyl/N-ethyl adjacent to an activating group) is 1. The van der Waals surface area contributed by atoms with Crippen LogP contribution in [-0.4, -0.2) is 48.3 Å². The smallest absolute Gasteiger partial charge is 0.119 e. The van der Waals surface area contributed by atoms with Crippen molar-refractivity contribution in [3.63, 3.8) is 0 Å². The van der Waals surface area contributed by atoms with Crippen LogP contribution in [0.25, 0.3) is 0 Å². The maximum atomic E-state index is 10.3. The molecular formula is C25H32N2O3. The first-order chi connectivity index (χ1) is 14.5. The van der Waals surface area contributed by atoms with Crippen molar-refractivity contribution < 1.29 is 14.3 Å². The molecule has 3 rings (SSSR count). The zero-order valence-corrected chi connectivity index (χ0v) is 18.1. The Bertz CT molecular complexity index is 877. The normalized spacial score (nSPS) is 12.5. The molecule has 0 amide bonds. The molecule has 2 aromatic carbocycles. The molecule has 0 aliphatic carbocycles. The third kappa shape index (κ3) is 7.34. The van der Waals surface area contributed by atoms with Crippen molar-refractivity contribution in [2.45, 2.75) is 32.7 Å². The van der Waals surface area contributed by atoms with Crippen molar-refractivity contribution in [3.8, 4) is 5.75 Å². The lowest BCUT2D eigenvalue weighted by atomic mass is 10.2. The number of rotatable bonds is 11. The van der Waals surface area contributed by atoms with Gasteiger partial charge in [-0.05, 0) is 56.4 Å². The summed E-state index contributed by atoms with van der Waals surface area (Å²) < 4.78 is 11.4. The minimum absolute atomic E-state index is 0.274. The van der Waals surface area contributed by atoms with E-state index < -0.39 is 6.10 Å². The van der Waals surface area contributed by atoms with Crippen LogP contribution in [0.15, 0.2) is 71.1 Å². The second-order valence-corrected chi connectivity index (χ2v) is 7.98. The van der Waals surface area contributed by atoms with Crippen LogP contribution in [-0.2, 0) is 19.6 Å². The average Bonchev–Trinajstić information content (AvgIpc) is 3.12. The molecular weight excluding hydrogens is 376 g/mol. The summed E-state index contributed by atoms with van der Waals surface area (Å²) in [4.78, 5) is 4.31. The molecule has 0 unspecified atom stereocenters. The molecule has 3 aromatic rings. The summed E-state index contributed by atoms with van der Waals surface area (Å²) in [6.45, 7) is 5.19. The SMILES string of the molecule is Cc1ccc(CN(C)Cc2ccc(OC[C@H](O)CN(C)Cc3ccccc3)cc2)o1. The molecule has 0 bridgehead atoms. The number of aliphatic hydroxyl groups is 1. The Morgan fingerprint density at radius 1 is 0.833 bits per heavy atom. The van der Waals surface area contributed by atoms with Crippen molar-refractivity contribution in [1.29, 1.82) is 0 Å². The van der Waals surface area contributed by atoms with Crippen molar-refractivity contribution in [1.82, 2.24) is 9.80 Å². The van der Waals surface area contributed by atoms with Gasteiger partial charge in [0.15, 0.2) is 0 Å². The fraction of sp³-hybridized carbons (Fsp3) is 0.360. The highest BCUT2D eigenvalue weighted by atomic mass is 16.5. The van der Waals surface area contributed by atoms with Gasteiger partial charge in [0.05, 0.1) is 6.54 Å². The van der Waals surface area contributed by atoms with Crippen molar-refractivity contribution in [2.75, 3.05) is 27.2 Å². The zero-order valence-electron chi connectivity index (χ0n) is 18.1. The largest absolute Gasteiger partial charge is 0.491 e. The molecule has 0 aliphatic heterocycles. The van der Waals surface area contributed by atoms with Gasteiger partial charge in [0.25, 0.3) is 0 Å². The highest BCUT2D eigenvalue weighted by molar-refractivity contribution is 5.27. The number of benzene rings is 2. The van der Waals surface area contributed by atoms with E-state index in [1.165, 1.54) is 11.1 Å². The van der Waals surface area contributed by atoms with E-state index in [0.29, 0.717) is 6.54 Å². The Balaban J connectivity index is 1.39. The Labute approximate surface area is 179 Å². The number of aryl methyl sites for hydroxylation is 1. The van der Waals surface area contributed by atoms with E-state index in [-0.39, 0.29) is 6.61 Å². The van der Waals surface area contributed by atoms with Gasteiger partial charge in [-0.1, -0.05) is 42.5 Å². The van der Waals surface area contributed by atoms with E-state index in [4.69, 9.17) is 9.15 Å². The summed E-state index contributed by atoms with van der Waals surface area (Å²) in [5.41, 5.74) is 2.44. The Morgan fingerprint density at radius 2 is 1.50 bits per heavy atom. The monoisotopic (exact) mass is 408 g/mol. The number of hydrogen-bond donors (Lipinski definition) is 1. The first kappa shape index (κ1) is 22.1. The van der Waals surface area contributed by atoms with Crippen molar-refractivity contribution >= 4 is 0 Å². The molecule has 1 heterocycles. The Kier molecular flexibility index (Phi) is 8.08. The second-order valence-electron chi connectivity index (χ2n) is 7.98. The number of nitrogens with zero attached hydrogens (tertiary/aromatic N) is 2. The third-order valence-electron chi connectivity index (χ3n) is 4.86. The van der Waals surface area contributed by atoms with E-state index in [0.717, 1.165) is 36.9 Å². The topological polar surface area (TPSA) is 49.1 Å². The van der Waals surface area contributed by atoms with Crippen LogP contribution in [0.5, 0.6) is 5.75 Å². The summed E-state index contributed by atoms with van der Waals surface area (Å²) in [6.07, 6.45) is -0.540. The second kappa shape index (κ2) is 11.0. The molecule has 0 aliphatic rings. The van der Waals surface area contributed by atoms with Gasteiger partial charge in [-0.3, -0.25) is 9.80 Å². The maximum absolute atomic E-state index is 10.3. The Morgan fingerprint density at radius 3 is 2.17 bits per heavy atom. The van der Waals surface area contributed by atoms with E-state index in [9.17, 15) is 5.11 Å². The predicted molar refractivity (Wildman–Crippen MR) is 119 cm³/mol. The van der Waals surface area contributed by atoms with Crippen LogP contribution in [0.3, 0.4) is 0 Å². The summed E-state index contributed by atoms with van der Waals surface area (Å²) >= 11 is 0. The first-order valence-electron chi connectivity index (χ1n) is 10.3. The van der Waals surface area contributed by atoms with Crippen LogP contribution >= 0.6 is 0 Å². The van der Waals surface area contributed by atoms with Crippen LogP contribution < -0.4 is 4.74 Å². The minimum atomic E-state index is -0.540. The van der Waals surface area contributed by atoms with Crippen LogP contribution in [0.1, 0.15) is 22.6 Å². The molecule has 0 radical (unpaired) electrons. The summed E-state index contributed by atoms with van der Waals surface area (Å²) in [5.74, 6) is 2.68. The number of aliphatic hydroxyl groups excluding tert-OH is 1. The van der Waals surface area contributed by atoms with E-state index in [1.54, 1.807) is 0 Å². The summed E-state index contributed by atoms with van der Waals surface area (Å²) in [6, 6.07) is 22.3. The highest BCUT2D eigenvalue weighted by Gasteiger charge is 2.10. The fourth-order valence-corrected chi connectivity index (χ4v) is 3.46. The summed E-state index contributed by atoms with van der Waals surface area (Å²) in [7, 11) is 4.08. The standard InChI is InChI=1S/C25H32N2O3/c1-20-9-12-25(30-20)18-27(3)16-22-10-13-24(14-11-22)29-19-23(28)17-26(2)15-21-7-5-4-6-8-21/h4-14,23,28H,15-19H2,1-3H3/t23-/m1/s1. The van der Waals surface area contributed by atoms with Gasteiger partial charge in [-0.2, -0.15) is 0 Å². The van der Waals surface area contributed by atoms with Gasteiger partial charge < -0.3 is 14.3 Å². The fourth-order valence-electron chi connectivity index (χ4n) is 3.46. The molecule has 1 aromatic heterocycles. The lowest BCUT2D eigenvalue weighted by Crippen LogP contribution is -2.32. The minimum Gasteiger partial charge on any atom is -0.491 e. The van der Waals surface area contributed by atoms with Gasteiger partial charge in [-0.25, -0.2) is 0 Å².